The largest absolute Gasteiger partial charge is 0.388 e. The van der Waals surface area contributed by atoms with E-state index in [0.717, 1.165) is 49.2 Å². The number of fused-ring (bicyclic) bond motifs is 1. The Bertz CT molecular complexity index is 612. The number of β-amino-alcohol motifs (C(OH)–C–C–N with tert-alkyl or cyclic N) is 1. The number of anilines is 2. The van der Waals surface area contributed by atoms with Gasteiger partial charge in [-0.3, -0.25) is 0 Å². The van der Waals surface area contributed by atoms with Crippen LogP contribution in [0.2, 0.25) is 0 Å². The minimum Gasteiger partial charge on any atom is -0.388 e. The lowest BCUT2D eigenvalue weighted by atomic mass is 10.1. The van der Waals surface area contributed by atoms with Crippen molar-refractivity contribution in [2.45, 2.75) is 25.5 Å². The molecule has 0 aromatic carbocycles. The predicted octanol–water partition coefficient (Wildman–Crippen LogP) is 0.872. The van der Waals surface area contributed by atoms with Crippen LogP contribution >= 0.6 is 0 Å². The number of ether oxygens (including phenoxy) is 1. The molecule has 0 bridgehead atoms. The highest BCUT2D eigenvalue weighted by Gasteiger charge is 2.35. The maximum absolute atomic E-state index is 10.2. The average molecular weight is 304 g/mol. The van der Waals surface area contributed by atoms with E-state index in [1.54, 1.807) is 0 Å². The summed E-state index contributed by atoms with van der Waals surface area (Å²) in [6.45, 7) is 6.69. The third kappa shape index (κ3) is 2.42. The standard InChI is InChI=1S/C14H20N6O2/c1-14(21)2-3-20(9-14)12-11-10(8-15-18-11)16-13(17-12)19-4-6-22-7-5-19/h21H,2-9H2,1H3/t14-/m1/s1. The molecule has 1 aromatic heterocycles. The summed E-state index contributed by atoms with van der Waals surface area (Å²) in [6.07, 6.45) is 0.732. The second-order valence-electron chi connectivity index (χ2n) is 6.31. The lowest BCUT2D eigenvalue weighted by molar-refractivity contribution is 0.0839. The molecule has 0 unspecified atom stereocenters. The molecule has 1 aromatic rings. The Morgan fingerprint density at radius 1 is 1.14 bits per heavy atom. The highest BCUT2D eigenvalue weighted by atomic mass is 16.5. The van der Waals surface area contributed by atoms with Gasteiger partial charge in [0, 0.05) is 26.2 Å². The maximum atomic E-state index is 10.2. The smallest absolute Gasteiger partial charge is 0.227 e. The van der Waals surface area contributed by atoms with Gasteiger partial charge in [-0.05, 0) is 13.3 Å². The molecule has 0 radical (unpaired) electrons. The summed E-state index contributed by atoms with van der Waals surface area (Å²) in [6, 6.07) is 0. The van der Waals surface area contributed by atoms with Gasteiger partial charge in [0.2, 0.25) is 5.95 Å². The van der Waals surface area contributed by atoms with Gasteiger partial charge in [0.05, 0.1) is 24.5 Å². The number of azo groups is 1. The molecule has 4 rings (SSSR count). The topological polar surface area (TPSA) is 86.4 Å². The fraction of sp³-hybridized carbons (Fsp3) is 0.714. The first-order chi connectivity index (χ1) is 10.6. The highest BCUT2D eigenvalue weighted by molar-refractivity contribution is 5.68. The van der Waals surface area contributed by atoms with E-state index >= 15 is 0 Å². The molecule has 3 aliphatic heterocycles. The van der Waals surface area contributed by atoms with Crippen molar-refractivity contribution in [3.63, 3.8) is 0 Å². The van der Waals surface area contributed by atoms with Gasteiger partial charge in [-0.25, -0.2) is 4.98 Å². The summed E-state index contributed by atoms with van der Waals surface area (Å²) >= 11 is 0. The van der Waals surface area contributed by atoms with Gasteiger partial charge in [-0.15, -0.1) is 5.11 Å². The van der Waals surface area contributed by atoms with E-state index < -0.39 is 5.60 Å². The molecule has 1 N–H and O–H groups in total. The molecule has 3 aliphatic rings. The number of morpholine rings is 1. The maximum Gasteiger partial charge on any atom is 0.227 e. The number of aliphatic hydroxyl groups is 1. The van der Waals surface area contributed by atoms with Gasteiger partial charge >= 0.3 is 0 Å². The molecule has 0 aliphatic carbocycles. The van der Waals surface area contributed by atoms with Crippen molar-refractivity contribution in [3.8, 4) is 0 Å². The lowest BCUT2D eigenvalue weighted by Crippen LogP contribution is -2.38. The Kier molecular flexibility index (Phi) is 3.23. The normalized spacial score (nSPS) is 27.5. The van der Waals surface area contributed by atoms with E-state index in [4.69, 9.17) is 9.72 Å². The van der Waals surface area contributed by atoms with Crippen LogP contribution in [0.3, 0.4) is 0 Å². The van der Waals surface area contributed by atoms with Crippen molar-refractivity contribution in [1.82, 2.24) is 9.97 Å². The quantitative estimate of drug-likeness (QED) is 0.872. The van der Waals surface area contributed by atoms with Gasteiger partial charge in [-0.1, -0.05) is 0 Å². The molecule has 22 heavy (non-hydrogen) atoms. The first kappa shape index (κ1) is 13.8. The van der Waals surface area contributed by atoms with Gasteiger partial charge in [0.1, 0.15) is 6.54 Å². The summed E-state index contributed by atoms with van der Waals surface area (Å²) in [5, 5.41) is 18.5. The van der Waals surface area contributed by atoms with E-state index in [1.165, 1.54) is 0 Å². The third-order valence-electron chi connectivity index (χ3n) is 4.36. The van der Waals surface area contributed by atoms with E-state index in [0.29, 0.717) is 26.3 Å². The molecule has 0 amide bonds. The molecular weight excluding hydrogens is 284 g/mol. The van der Waals surface area contributed by atoms with Crippen molar-refractivity contribution in [2.24, 2.45) is 10.2 Å². The van der Waals surface area contributed by atoms with Gasteiger partial charge < -0.3 is 19.6 Å². The number of aromatic nitrogens is 2. The van der Waals surface area contributed by atoms with Crippen LogP contribution in [-0.2, 0) is 11.3 Å². The van der Waals surface area contributed by atoms with Crippen LogP contribution in [-0.4, -0.2) is 60.1 Å². The summed E-state index contributed by atoms with van der Waals surface area (Å²) in [5.74, 6) is 1.52. The van der Waals surface area contributed by atoms with Crippen LogP contribution in [0.15, 0.2) is 10.2 Å². The molecule has 118 valence electrons. The number of hydrogen-bond acceptors (Lipinski definition) is 8. The SMILES string of the molecule is C[C@@]1(O)CCN(c2nc(N3CCOCC3)nc3c2N=NC3)C1. The minimum absolute atomic E-state index is 0.506. The van der Waals surface area contributed by atoms with Crippen molar-refractivity contribution >= 4 is 17.5 Å². The molecular formula is C14H20N6O2. The number of nitrogens with zero attached hydrogens (tertiary/aromatic N) is 6. The van der Waals surface area contributed by atoms with Crippen LogP contribution in [0.4, 0.5) is 17.5 Å². The van der Waals surface area contributed by atoms with E-state index in [1.807, 2.05) is 6.92 Å². The molecule has 1 atom stereocenters. The molecule has 0 saturated carbocycles. The minimum atomic E-state index is -0.674. The Hall–Kier alpha value is -1.80. The van der Waals surface area contributed by atoms with Crippen molar-refractivity contribution < 1.29 is 9.84 Å². The first-order valence-electron chi connectivity index (χ1n) is 7.71. The highest BCUT2D eigenvalue weighted by Crippen LogP contribution is 2.38. The Morgan fingerprint density at radius 3 is 2.68 bits per heavy atom. The zero-order valence-corrected chi connectivity index (χ0v) is 12.7. The third-order valence-corrected chi connectivity index (χ3v) is 4.36. The average Bonchev–Trinajstić information content (AvgIpc) is 3.13. The van der Waals surface area contributed by atoms with E-state index in [9.17, 15) is 5.11 Å². The zero-order valence-electron chi connectivity index (χ0n) is 12.7. The van der Waals surface area contributed by atoms with Gasteiger partial charge in [-0.2, -0.15) is 10.1 Å². The molecule has 8 nitrogen and oxygen atoms in total. The molecule has 8 heteroatoms. The first-order valence-corrected chi connectivity index (χ1v) is 7.71. The number of rotatable bonds is 2. The summed E-state index contributed by atoms with van der Waals surface area (Å²) < 4.78 is 5.39. The molecule has 0 spiro atoms. The Morgan fingerprint density at radius 2 is 1.95 bits per heavy atom. The van der Waals surface area contributed by atoms with Gasteiger partial charge in [0.15, 0.2) is 11.5 Å². The molecule has 2 fully saturated rings. The predicted molar refractivity (Wildman–Crippen MR) is 80.7 cm³/mol. The van der Waals surface area contributed by atoms with Crippen LogP contribution < -0.4 is 9.80 Å². The Balaban J connectivity index is 1.70. The van der Waals surface area contributed by atoms with Crippen LogP contribution in [0.25, 0.3) is 0 Å². The van der Waals surface area contributed by atoms with Crippen molar-refractivity contribution in [3.05, 3.63) is 5.69 Å². The van der Waals surface area contributed by atoms with Gasteiger partial charge in [0.25, 0.3) is 0 Å². The van der Waals surface area contributed by atoms with E-state index in [-0.39, 0.29) is 0 Å². The van der Waals surface area contributed by atoms with Crippen LogP contribution in [0.1, 0.15) is 19.0 Å². The second-order valence-corrected chi connectivity index (χ2v) is 6.31. The zero-order chi connectivity index (χ0) is 15.2. The second kappa shape index (κ2) is 5.13. The summed E-state index contributed by atoms with van der Waals surface area (Å²) in [7, 11) is 0. The van der Waals surface area contributed by atoms with Crippen molar-refractivity contribution in [1.29, 1.82) is 0 Å². The lowest BCUT2D eigenvalue weighted by Gasteiger charge is -2.28. The van der Waals surface area contributed by atoms with Crippen molar-refractivity contribution in [2.75, 3.05) is 49.2 Å². The number of hydrogen-bond donors (Lipinski definition) is 1. The molecule has 4 heterocycles. The summed E-state index contributed by atoms with van der Waals surface area (Å²) in [5.41, 5.74) is 0.958. The van der Waals surface area contributed by atoms with Crippen LogP contribution in [0.5, 0.6) is 0 Å². The fourth-order valence-corrected chi connectivity index (χ4v) is 3.11. The molecule has 2 saturated heterocycles. The summed E-state index contributed by atoms with van der Waals surface area (Å²) in [4.78, 5) is 13.6. The monoisotopic (exact) mass is 304 g/mol. The Labute approximate surface area is 128 Å². The van der Waals surface area contributed by atoms with Crippen LogP contribution in [0, 0.1) is 0 Å². The van der Waals surface area contributed by atoms with E-state index in [2.05, 4.69) is 25.0 Å². The fourth-order valence-electron chi connectivity index (χ4n) is 3.11.